The van der Waals surface area contributed by atoms with Gasteiger partial charge in [-0.2, -0.15) is 5.10 Å². The lowest BCUT2D eigenvalue weighted by atomic mass is 10.2. The number of rotatable bonds is 3. The van der Waals surface area contributed by atoms with Crippen LogP contribution >= 0.6 is 27.5 Å². The molecule has 1 aromatic heterocycles. The highest BCUT2D eigenvalue weighted by molar-refractivity contribution is 9.10. The number of carbonyl (C=O) groups excluding carboxylic acids is 1. The van der Waals surface area contributed by atoms with Crippen molar-refractivity contribution in [2.75, 3.05) is 0 Å². The smallest absolute Gasteiger partial charge is 0.251 e. The fraction of sp³-hybridized carbons (Fsp3) is 0.182. The van der Waals surface area contributed by atoms with Gasteiger partial charge in [0.25, 0.3) is 5.91 Å². The normalized spacial score (nSPS) is 12.2. The maximum Gasteiger partial charge on any atom is 0.251 e. The first kappa shape index (κ1) is 13.0. The van der Waals surface area contributed by atoms with Crippen LogP contribution in [0, 0.1) is 0 Å². The molecule has 1 amide bonds. The number of nitrogens with one attached hydrogen (secondary N) is 2. The molecule has 0 aliphatic heterocycles. The van der Waals surface area contributed by atoms with Gasteiger partial charge in [0, 0.05) is 10.0 Å². The predicted molar refractivity (Wildman–Crippen MR) is 71.4 cm³/mol. The zero-order chi connectivity index (χ0) is 13.1. The average Bonchev–Trinajstić information content (AvgIpc) is 2.86. The molecule has 94 valence electrons. The van der Waals surface area contributed by atoms with Crippen molar-refractivity contribution in [3.8, 4) is 0 Å². The van der Waals surface area contributed by atoms with E-state index in [2.05, 4.69) is 36.4 Å². The summed E-state index contributed by atoms with van der Waals surface area (Å²) in [4.78, 5) is 16.0. The van der Waals surface area contributed by atoms with Crippen molar-refractivity contribution in [1.82, 2.24) is 20.5 Å². The number of hydrogen-bond acceptors (Lipinski definition) is 3. The molecule has 1 unspecified atom stereocenters. The van der Waals surface area contributed by atoms with E-state index >= 15 is 0 Å². The molecule has 0 saturated carbocycles. The lowest BCUT2D eigenvalue weighted by Gasteiger charge is -2.11. The number of aromatic amines is 1. The van der Waals surface area contributed by atoms with E-state index in [9.17, 15) is 4.79 Å². The van der Waals surface area contributed by atoms with Crippen molar-refractivity contribution < 1.29 is 4.79 Å². The number of halogens is 2. The molecule has 0 saturated heterocycles. The van der Waals surface area contributed by atoms with E-state index in [0.717, 1.165) is 0 Å². The summed E-state index contributed by atoms with van der Waals surface area (Å²) in [7, 11) is 0. The summed E-state index contributed by atoms with van der Waals surface area (Å²) >= 11 is 9.15. The number of amides is 1. The fourth-order valence-corrected chi connectivity index (χ4v) is 1.91. The Bertz CT molecular complexity index is 558. The van der Waals surface area contributed by atoms with Gasteiger partial charge in [-0.3, -0.25) is 9.89 Å². The monoisotopic (exact) mass is 328 g/mol. The zero-order valence-corrected chi connectivity index (χ0v) is 11.8. The number of nitrogens with zero attached hydrogens (tertiary/aromatic N) is 2. The van der Waals surface area contributed by atoms with Gasteiger partial charge >= 0.3 is 0 Å². The third kappa shape index (κ3) is 2.88. The van der Waals surface area contributed by atoms with Crippen molar-refractivity contribution in [2.45, 2.75) is 13.0 Å². The van der Waals surface area contributed by atoms with Crippen LogP contribution in [0.3, 0.4) is 0 Å². The first-order valence-electron chi connectivity index (χ1n) is 5.19. The first-order chi connectivity index (χ1) is 8.58. The summed E-state index contributed by atoms with van der Waals surface area (Å²) in [6.07, 6.45) is 1.40. The third-order valence-corrected chi connectivity index (χ3v) is 3.59. The number of hydrogen-bond donors (Lipinski definition) is 2. The molecular weight excluding hydrogens is 320 g/mol. The van der Waals surface area contributed by atoms with Crippen LogP contribution in [0.2, 0.25) is 5.02 Å². The Morgan fingerprint density at radius 1 is 1.56 bits per heavy atom. The van der Waals surface area contributed by atoms with Gasteiger partial charge in [-0.15, -0.1) is 0 Å². The summed E-state index contributed by atoms with van der Waals surface area (Å²) < 4.78 is 0.684. The molecule has 0 fully saturated rings. The van der Waals surface area contributed by atoms with E-state index in [4.69, 9.17) is 11.6 Å². The molecule has 1 heterocycles. The van der Waals surface area contributed by atoms with Gasteiger partial charge in [-0.25, -0.2) is 4.98 Å². The van der Waals surface area contributed by atoms with Gasteiger partial charge in [0.2, 0.25) is 0 Å². The quantitative estimate of drug-likeness (QED) is 0.909. The topological polar surface area (TPSA) is 70.7 Å². The molecular formula is C11H10BrClN4O. The molecule has 0 radical (unpaired) electrons. The van der Waals surface area contributed by atoms with Crippen LogP contribution in [0.5, 0.6) is 0 Å². The number of carbonyl (C=O) groups is 1. The second-order valence-corrected chi connectivity index (χ2v) is 4.96. The molecule has 2 rings (SSSR count). The van der Waals surface area contributed by atoms with Crippen LogP contribution < -0.4 is 5.32 Å². The van der Waals surface area contributed by atoms with Crippen LogP contribution in [-0.2, 0) is 0 Å². The maximum atomic E-state index is 12.0. The van der Waals surface area contributed by atoms with Crippen molar-refractivity contribution >= 4 is 33.4 Å². The number of H-pyrrole nitrogens is 1. The molecule has 0 spiro atoms. The third-order valence-electron chi connectivity index (χ3n) is 2.37. The maximum absolute atomic E-state index is 12.0. The predicted octanol–water partition coefficient (Wildman–Crippen LogP) is 2.71. The van der Waals surface area contributed by atoms with Crippen LogP contribution in [0.1, 0.15) is 29.1 Å². The van der Waals surface area contributed by atoms with Crippen LogP contribution in [-0.4, -0.2) is 21.1 Å². The van der Waals surface area contributed by atoms with Crippen molar-refractivity contribution in [3.63, 3.8) is 0 Å². The SMILES string of the molecule is CC(NC(=O)c1ccc(Cl)c(Br)c1)c1ncn[nH]1. The van der Waals surface area contributed by atoms with Gasteiger partial charge in [0.15, 0.2) is 0 Å². The van der Waals surface area contributed by atoms with Crippen LogP contribution in [0.25, 0.3) is 0 Å². The lowest BCUT2D eigenvalue weighted by Crippen LogP contribution is -2.27. The molecule has 0 bridgehead atoms. The Kier molecular flexibility index (Phi) is 3.98. The molecule has 18 heavy (non-hydrogen) atoms. The average molecular weight is 330 g/mol. The second kappa shape index (κ2) is 5.49. The fourth-order valence-electron chi connectivity index (χ4n) is 1.41. The summed E-state index contributed by atoms with van der Waals surface area (Å²) in [5, 5.41) is 9.82. The standard InChI is InChI=1S/C11H10BrClN4O/c1-6(10-14-5-15-17-10)16-11(18)7-2-3-9(13)8(12)4-7/h2-6H,1H3,(H,16,18)(H,14,15,17). The molecule has 5 nitrogen and oxygen atoms in total. The summed E-state index contributed by atoms with van der Waals surface area (Å²) in [5.41, 5.74) is 0.526. The minimum Gasteiger partial charge on any atom is -0.342 e. The van der Waals surface area contributed by atoms with Gasteiger partial charge in [-0.1, -0.05) is 11.6 Å². The Balaban J connectivity index is 2.10. The van der Waals surface area contributed by atoms with Crippen LogP contribution in [0.15, 0.2) is 29.0 Å². The van der Waals surface area contributed by atoms with E-state index in [-0.39, 0.29) is 11.9 Å². The Morgan fingerprint density at radius 2 is 2.33 bits per heavy atom. The number of aromatic nitrogens is 3. The highest BCUT2D eigenvalue weighted by Gasteiger charge is 2.14. The van der Waals surface area contributed by atoms with E-state index in [1.54, 1.807) is 18.2 Å². The molecule has 1 aromatic carbocycles. The minimum absolute atomic E-state index is 0.198. The summed E-state index contributed by atoms with van der Waals surface area (Å²) in [6.45, 7) is 1.82. The largest absolute Gasteiger partial charge is 0.342 e. The van der Waals surface area contributed by atoms with Gasteiger partial charge in [-0.05, 0) is 41.1 Å². The summed E-state index contributed by atoms with van der Waals surface area (Å²) in [5.74, 6) is 0.410. The highest BCUT2D eigenvalue weighted by Crippen LogP contribution is 2.23. The van der Waals surface area contributed by atoms with Crippen molar-refractivity contribution in [1.29, 1.82) is 0 Å². The highest BCUT2D eigenvalue weighted by atomic mass is 79.9. The molecule has 7 heteroatoms. The van der Waals surface area contributed by atoms with E-state index in [1.165, 1.54) is 6.33 Å². The molecule has 2 N–H and O–H groups in total. The Morgan fingerprint density at radius 3 is 2.94 bits per heavy atom. The first-order valence-corrected chi connectivity index (χ1v) is 6.36. The Hall–Kier alpha value is -1.40. The minimum atomic E-state index is -0.241. The molecule has 0 aliphatic rings. The van der Waals surface area contributed by atoms with E-state index in [0.29, 0.717) is 20.9 Å². The molecule has 2 aromatic rings. The van der Waals surface area contributed by atoms with Crippen LogP contribution in [0.4, 0.5) is 0 Å². The van der Waals surface area contributed by atoms with Gasteiger partial charge in [0.05, 0.1) is 11.1 Å². The van der Waals surface area contributed by atoms with Gasteiger partial charge in [0.1, 0.15) is 12.2 Å². The van der Waals surface area contributed by atoms with Crippen molar-refractivity contribution in [3.05, 3.63) is 45.4 Å². The Labute approximate surface area is 117 Å². The van der Waals surface area contributed by atoms with E-state index < -0.39 is 0 Å². The molecule has 0 aliphatic carbocycles. The van der Waals surface area contributed by atoms with E-state index in [1.807, 2.05) is 6.92 Å². The second-order valence-electron chi connectivity index (χ2n) is 3.69. The molecule has 1 atom stereocenters. The lowest BCUT2D eigenvalue weighted by molar-refractivity contribution is 0.0938. The summed E-state index contributed by atoms with van der Waals surface area (Å²) in [6, 6.07) is 4.76. The van der Waals surface area contributed by atoms with Gasteiger partial charge < -0.3 is 5.32 Å². The zero-order valence-electron chi connectivity index (χ0n) is 9.45. The number of benzene rings is 1. The van der Waals surface area contributed by atoms with Crippen molar-refractivity contribution in [2.24, 2.45) is 0 Å².